The second-order valence-electron chi connectivity index (χ2n) is 13.0. The summed E-state index contributed by atoms with van der Waals surface area (Å²) in [5.74, 6) is 0.960. The van der Waals surface area contributed by atoms with E-state index in [-0.39, 0.29) is 29.7 Å². The Kier molecular flexibility index (Phi) is 7.71. The van der Waals surface area contributed by atoms with Crippen molar-refractivity contribution in [2.24, 2.45) is 5.92 Å². The van der Waals surface area contributed by atoms with Gasteiger partial charge in [0.2, 0.25) is 5.91 Å². The molecule has 0 aromatic heterocycles. The summed E-state index contributed by atoms with van der Waals surface area (Å²) >= 11 is 0. The molecule has 0 spiro atoms. The lowest BCUT2D eigenvalue weighted by molar-refractivity contribution is -0.135. The van der Waals surface area contributed by atoms with E-state index in [1.807, 2.05) is 32.0 Å². The quantitative estimate of drug-likeness (QED) is 0.437. The lowest BCUT2D eigenvalue weighted by Gasteiger charge is -2.48. The van der Waals surface area contributed by atoms with Crippen LogP contribution in [0.1, 0.15) is 98.4 Å². The minimum atomic E-state index is -0.505. The number of guanidine groups is 1. The zero-order valence-electron chi connectivity index (χ0n) is 25.5. The number of amides is 2. The van der Waals surface area contributed by atoms with Gasteiger partial charge in [-0.1, -0.05) is 25.1 Å². The van der Waals surface area contributed by atoms with Gasteiger partial charge in [-0.15, -0.1) is 0 Å². The van der Waals surface area contributed by atoms with Crippen LogP contribution in [0.4, 0.5) is 0 Å². The summed E-state index contributed by atoms with van der Waals surface area (Å²) < 4.78 is 18.0. The number of nitrogens with one attached hydrogen (secondary N) is 3. The van der Waals surface area contributed by atoms with E-state index >= 15 is 0 Å². The topological polar surface area (TPSA) is 113 Å². The number of nitrogens with zero attached hydrogens (tertiary/aromatic N) is 1. The van der Waals surface area contributed by atoms with E-state index in [0.717, 1.165) is 42.6 Å². The van der Waals surface area contributed by atoms with Crippen LogP contribution in [-0.2, 0) is 9.53 Å². The summed E-state index contributed by atoms with van der Waals surface area (Å²) in [7, 11) is 1.62. The monoisotopic (exact) mass is 586 g/mol. The van der Waals surface area contributed by atoms with Crippen LogP contribution in [-0.4, -0.2) is 54.1 Å². The lowest BCUT2D eigenvalue weighted by Crippen LogP contribution is -2.64. The molecule has 0 aliphatic carbocycles. The van der Waals surface area contributed by atoms with Gasteiger partial charge in [0.1, 0.15) is 17.1 Å². The number of hydrogen-bond donors (Lipinski definition) is 3. The Morgan fingerprint density at radius 1 is 1.12 bits per heavy atom. The second-order valence-corrected chi connectivity index (χ2v) is 13.0. The van der Waals surface area contributed by atoms with Gasteiger partial charge in [0.05, 0.1) is 31.7 Å². The summed E-state index contributed by atoms with van der Waals surface area (Å²) in [5, 5.41) is 15.8. The minimum Gasteiger partial charge on any atom is -0.493 e. The molecule has 4 atom stereocenters. The van der Waals surface area contributed by atoms with Crippen LogP contribution in [0.5, 0.6) is 11.5 Å². The van der Waals surface area contributed by atoms with Crippen LogP contribution in [0, 0.1) is 11.3 Å². The molecule has 5 aliphatic heterocycles. The van der Waals surface area contributed by atoms with E-state index in [0.29, 0.717) is 42.9 Å². The van der Waals surface area contributed by atoms with Crippen LogP contribution in [0.25, 0.3) is 6.08 Å². The number of carbonyl (C=O) groups is 2. The zero-order chi connectivity index (χ0) is 30.4. The molecule has 6 bridgehead atoms. The van der Waals surface area contributed by atoms with E-state index < -0.39 is 17.2 Å². The predicted molar refractivity (Wildman–Crippen MR) is 164 cm³/mol. The fourth-order valence-electron chi connectivity index (χ4n) is 7.11. The van der Waals surface area contributed by atoms with Crippen molar-refractivity contribution in [3.05, 3.63) is 64.7 Å². The number of methoxy groups -OCH3 is 1. The summed E-state index contributed by atoms with van der Waals surface area (Å²) in [6, 6.07) is 10.8. The Morgan fingerprint density at radius 2 is 1.93 bits per heavy atom. The van der Waals surface area contributed by atoms with Gasteiger partial charge in [-0.3, -0.25) is 19.9 Å². The van der Waals surface area contributed by atoms with Crippen molar-refractivity contribution in [1.82, 2.24) is 15.5 Å². The Bertz CT molecular complexity index is 1450. The van der Waals surface area contributed by atoms with Crippen LogP contribution >= 0.6 is 0 Å². The van der Waals surface area contributed by atoms with Crippen LogP contribution < -0.4 is 20.1 Å². The van der Waals surface area contributed by atoms with E-state index in [1.54, 1.807) is 24.1 Å². The van der Waals surface area contributed by atoms with E-state index in [9.17, 15) is 9.59 Å². The Hall–Kier alpha value is -3.85. The third-order valence-electron chi connectivity index (χ3n) is 9.34. The lowest BCUT2D eigenvalue weighted by atomic mass is 9.82. The number of benzene rings is 2. The molecule has 228 valence electrons. The summed E-state index contributed by atoms with van der Waals surface area (Å²) in [6.45, 7) is 6.83. The number of ether oxygens (including phenoxy) is 3. The summed E-state index contributed by atoms with van der Waals surface area (Å²) in [4.78, 5) is 29.4. The first kappa shape index (κ1) is 29.2. The van der Waals surface area contributed by atoms with Gasteiger partial charge >= 0.3 is 0 Å². The molecule has 43 heavy (non-hydrogen) atoms. The number of fused-ring (bicyclic) bond motifs is 6. The van der Waals surface area contributed by atoms with E-state index in [4.69, 9.17) is 19.6 Å². The smallest absolute Gasteiger partial charge is 0.251 e. The molecule has 7 rings (SSSR count). The third-order valence-corrected chi connectivity index (χ3v) is 9.34. The predicted octanol–water partition coefficient (Wildman–Crippen LogP) is 5.52. The molecule has 2 aromatic rings. The average molecular weight is 587 g/mol. The van der Waals surface area contributed by atoms with Gasteiger partial charge in [-0.25, -0.2) is 0 Å². The highest BCUT2D eigenvalue weighted by molar-refractivity contribution is 6.00. The molecule has 0 radical (unpaired) electrons. The van der Waals surface area contributed by atoms with Crippen molar-refractivity contribution in [1.29, 1.82) is 5.41 Å². The maximum Gasteiger partial charge on any atom is 0.251 e. The van der Waals surface area contributed by atoms with Crippen molar-refractivity contribution in [3.8, 4) is 11.5 Å². The molecule has 5 heterocycles. The Balaban J connectivity index is 1.45. The molecular formula is C34H42N4O5. The van der Waals surface area contributed by atoms with Gasteiger partial charge in [0.25, 0.3) is 5.91 Å². The molecule has 1 fully saturated rings. The van der Waals surface area contributed by atoms with E-state index in [2.05, 4.69) is 35.8 Å². The average Bonchev–Trinajstić information content (AvgIpc) is 2.96. The molecule has 3 N–H and O–H groups in total. The highest BCUT2D eigenvalue weighted by Crippen LogP contribution is 2.44. The minimum absolute atomic E-state index is 0.0911. The molecule has 9 heteroatoms. The standard InChI is InChI=1S/C34H42N4O5/c1-5-34-14-8-6-7-9-21-10-12-28-24(15-21)26(17-33(2,3)43-28)36-31(40)22-11-13-27-25(16-22)30(23(19-41-4)20-42-27)38(29(39)18-34)32(35)37-34/h7,9-13,15-16,23,26,30H,5-6,8,14,17-20H2,1-4H3,(H2,35,37)(H,36,40)/b9-7+. The molecule has 2 amide bonds. The Morgan fingerprint density at radius 3 is 2.70 bits per heavy atom. The van der Waals surface area contributed by atoms with Crippen molar-refractivity contribution < 1.29 is 23.8 Å². The first-order valence-corrected chi connectivity index (χ1v) is 15.4. The van der Waals surface area contributed by atoms with Gasteiger partial charge < -0.3 is 24.8 Å². The first-order valence-electron chi connectivity index (χ1n) is 15.4. The molecule has 1 saturated heterocycles. The van der Waals surface area contributed by atoms with Crippen molar-refractivity contribution in [2.75, 3.05) is 20.3 Å². The van der Waals surface area contributed by atoms with Gasteiger partial charge in [0.15, 0.2) is 5.96 Å². The van der Waals surface area contributed by atoms with Gasteiger partial charge in [-0.2, -0.15) is 0 Å². The van der Waals surface area contributed by atoms with Crippen molar-refractivity contribution >= 4 is 23.8 Å². The van der Waals surface area contributed by atoms with Crippen molar-refractivity contribution in [2.45, 2.75) is 82.5 Å². The SMILES string of the molecule is CCC12CCC/C=C/c3ccc4c(c3)C(CC(C)(C)O4)NC(=O)c3ccc4c(c3)C(C(COC)CO4)N(C(=N)N1)C(=O)C2. The number of rotatable bonds is 3. The van der Waals surface area contributed by atoms with E-state index in [1.165, 1.54) is 0 Å². The molecule has 2 aromatic carbocycles. The second kappa shape index (κ2) is 11.3. The fraction of sp³-hybridized carbons (Fsp3) is 0.500. The maximum atomic E-state index is 13.9. The van der Waals surface area contributed by atoms with Crippen LogP contribution in [0.15, 0.2) is 42.5 Å². The largest absolute Gasteiger partial charge is 0.493 e. The third kappa shape index (κ3) is 5.62. The molecule has 0 saturated carbocycles. The number of carbonyl (C=O) groups excluding carboxylic acids is 2. The molecule has 9 nitrogen and oxygen atoms in total. The van der Waals surface area contributed by atoms with Crippen molar-refractivity contribution in [3.63, 3.8) is 0 Å². The zero-order valence-corrected chi connectivity index (χ0v) is 25.5. The van der Waals surface area contributed by atoms with Gasteiger partial charge in [0, 0.05) is 41.7 Å². The van der Waals surface area contributed by atoms with Crippen LogP contribution in [0.3, 0.4) is 0 Å². The maximum absolute atomic E-state index is 13.9. The molecule has 4 unspecified atom stereocenters. The first-order chi connectivity index (χ1) is 20.6. The summed E-state index contributed by atoms with van der Waals surface area (Å²) in [5.41, 5.74) is 2.26. The molecular weight excluding hydrogens is 544 g/mol. The normalized spacial score (nSPS) is 28.8. The number of hydrogen-bond acceptors (Lipinski definition) is 6. The van der Waals surface area contributed by atoms with Gasteiger partial charge in [-0.05, 0) is 75.4 Å². The highest BCUT2D eigenvalue weighted by Gasteiger charge is 2.47. The fourth-order valence-corrected chi connectivity index (χ4v) is 7.11. The Labute approximate surface area is 253 Å². The van der Waals surface area contributed by atoms with Crippen LogP contribution in [0.2, 0.25) is 0 Å². The molecule has 5 aliphatic rings. The number of allylic oxidation sites excluding steroid dienone is 1. The summed E-state index contributed by atoms with van der Waals surface area (Å²) in [6.07, 6.45) is 8.43. The highest BCUT2D eigenvalue weighted by atomic mass is 16.5.